The highest BCUT2D eigenvalue weighted by Crippen LogP contribution is 2.31. The van der Waals surface area contributed by atoms with Crippen molar-refractivity contribution in [2.45, 2.75) is 13.3 Å². The van der Waals surface area contributed by atoms with Crippen LogP contribution in [0.25, 0.3) is 0 Å². The van der Waals surface area contributed by atoms with Gasteiger partial charge >= 0.3 is 5.97 Å². The topological polar surface area (TPSA) is 35.5 Å². The molecule has 0 amide bonds. The minimum atomic E-state index is -0.270. The van der Waals surface area contributed by atoms with Gasteiger partial charge in [-0.25, -0.2) is 0 Å². The lowest BCUT2D eigenvalue weighted by Gasteiger charge is -2.10. The van der Waals surface area contributed by atoms with Crippen molar-refractivity contribution in [2.24, 2.45) is 0 Å². The number of halogens is 2. The second-order valence-corrected chi connectivity index (χ2v) is 5.63. The third-order valence-corrected chi connectivity index (χ3v) is 3.48. The van der Waals surface area contributed by atoms with Gasteiger partial charge in [-0.3, -0.25) is 4.79 Å². The zero-order valence-electron chi connectivity index (χ0n) is 11.4. The van der Waals surface area contributed by atoms with Gasteiger partial charge in [-0.2, -0.15) is 0 Å². The first kappa shape index (κ1) is 15.9. The molecule has 0 heterocycles. The van der Waals surface area contributed by atoms with Crippen LogP contribution in [0, 0.1) is 0 Å². The van der Waals surface area contributed by atoms with Crippen molar-refractivity contribution in [1.82, 2.24) is 0 Å². The van der Waals surface area contributed by atoms with Crippen molar-refractivity contribution in [1.29, 1.82) is 0 Å². The first-order valence-corrected chi connectivity index (χ1v) is 7.63. The largest absolute Gasteiger partial charge is 0.466 e. The Morgan fingerprint density at radius 1 is 1.24 bits per heavy atom. The Balaban J connectivity index is 2.17. The molecule has 2 aromatic carbocycles. The summed E-state index contributed by atoms with van der Waals surface area (Å²) in [5.74, 6) is 0.907. The Morgan fingerprint density at radius 2 is 2.05 bits per heavy atom. The van der Waals surface area contributed by atoms with Crippen molar-refractivity contribution in [3.05, 3.63) is 57.5 Å². The molecule has 0 unspecified atom stereocenters. The zero-order valence-corrected chi connectivity index (χ0v) is 13.8. The second-order valence-electron chi connectivity index (χ2n) is 4.31. The molecule has 21 heavy (non-hydrogen) atoms. The fourth-order valence-electron chi connectivity index (χ4n) is 1.77. The molecule has 3 nitrogen and oxygen atoms in total. The van der Waals surface area contributed by atoms with Crippen LogP contribution >= 0.6 is 27.5 Å². The molecule has 0 aliphatic carbocycles. The first-order valence-electron chi connectivity index (χ1n) is 6.46. The van der Waals surface area contributed by atoms with E-state index in [1.54, 1.807) is 25.1 Å². The van der Waals surface area contributed by atoms with Crippen molar-refractivity contribution in [3.8, 4) is 11.5 Å². The van der Waals surface area contributed by atoms with E-state index in [1.807, 2.05) is 24.3 Å². The van der Waals surface area contributed by atoms with E-state index < -0.39 is 0 Å². The monoisotopic (exact) mass is 368 g/mol. The predicted molar refractivity (Wildman–Crippen MR) is 86.0 cm³/mol. The van der Waals surface area contributed by atoms with E-state index in [4.69, 9.17) is 21.1 Å². The Labute approximate surface area is 137 Å². The predicted octanol–water partition coefficient (Wildman–Crippen LogP) is 5.00. The maximum absolute atomic E-state index is 11.5. The zero-order chi connectivity index (χ0) is 15.2. The van der Waals surface area contributed by atoms with Crippen LogP contribution in [-0.2, 0) is 16.0 Å². The minimum absolute atomic E-state index is 0.194. The molecule has 0 N–H and O–H groups in total. The molecule has 2 rings (SSSR count). The van der Waals surface area contributed by atoms with Crippen LogP contribution in [0.5, 0.6) is 11.5 Å². The van der Waals surface area contributed by atoms with Gasteiger partial charge in [0.05, 0.1) is 18.1 Å². The smallest absolute Gasteiger partial charge is 0.310 e. The van der Waals surface area contributed by atoms with E-state index in [-0.39, 0.29) is 12.4 Å². The van der Waals surface area contributed by atoms with E-state index in [2.05, 4.69) is 15.9 Å². The van der Waals surface area contributed by atoms with Crippen molar-refractivity contribution in [2.75, 3.05) is 6.61 Å². The fraction of sp³-hybridized carbons (Fsp3) is 0.188. The van der Waals surface area contributed by atoms with Crippen LogP contribution < -0.4 is 4.74 Å². The standard InChI is InChI=1S/C16H14BrClO3/c1-2-20-16(19)9-11-6-7-14(18)15(8-11)21-13-5-3-4-12(17)10-13/h3-8,10H,2,9H2,1H3. The van der Waals surface area contributed by atoms with Gasteiger partial charge in [-0.15, -0.1) is 0 Å². The number of ether oxygens (including phenoxy) is 2. The number of rotatable bonds is 5. The molecular formula is C16H14BrClO3. The molecule has 0 fully saturated rings. The van der Waals surface area contributed by atoms with Crippen LogP contribution in [0.1, 0.15) is 12.5 Å². The van der Waals surface area contributed by atoms with Gasteiger partial charge in [-0.05, 0) is 42.8 Å². The van der Waals surface area contributed by atoms with Crippen LogP contribution in [0.4, 0.5) is 0 Å². The summed E-state index contributed by atoms with van der Waals surface area (Å²) in [5.41, 5.74) is 0.794. The van der Waals surface area contributed by atoms with Crippen molar-refractivity contribution >= 4 is 33.5 Å². The number of hydrogen-bond donors (Lipinski definition) is 0. The molecule has 0 saturated heterocycles. The third-order valence-electron chi connectivity index (χ3n) is 2.67. The highest BCUT2D eigenvalue weighted by Gasteiger charge is 2.09. The van der Waals surface area contributed by atoms with Gasteiger partial charge in [0.1, 0.15) is 11.5 Å². The third kappa shape index (κ3) is 4.76. The Hall–Kier alpha value is -1.52. The van der Waals surface area contributed by atoms with E-state index in [1.165, 1.54) is 0 Å². The fourth-order valence-corrected chi connectivity index (χ4v) is 2.31. The molecular weight excluding hydrogens is 356 g/mol. The molecule has 0 aromatic heterocycles. The average Bonchev–Trinajstić information content (AvgIpc) is 2.43. The SMILES string of the molecule is CCOC(=O)Cc1ccc(Cl)c(Oc2cccc(Br)c2)c1. The quantitative estimate of drug-likeness (QED) is 0.696. The van der Waals surface area contributed by atoms with Gasteiger partial charge in [0.15, 0.2) is 0 Å². The van der Waals surface area contributed by atoms with Crippen LogP contribution in [0.3, 0.4) is 0 Å². The maximum atomic E-state index is 11.5. The van der Waals surface area contributed by atoms with E-state index >= 15 is 0 Å². The average molecular weight is 370 g/mol. The number of benzene rings is 2. The van der Waals surface area contributed by atoms with Crippen LogP contribution in [0.2, 0.25) is 5.02 Å². The van der Waals surface area contributed by atoms with Gasteiger partial charge < -0.3 is 9.47 Å². The molecule has 0 spiro atoms. The number of carbonyl (C=O) groups excluding carboxylic acids is 1. The lowest BCUT2D eigenvalue weighted by molar-refractivity contribution is -0.142. The first-order chi connectivity index (χ1) is 10.1. The van der Waals surface area contributed by atoms with E-state index in [0.29, 0.717) is 23.1 Å². The molecule has 0 bridgehead atoms. The summed E-state index contributed by atoms with van der Waals surface area (Å²) in [6.07, 6.45) is 0.194. The Morgan fingerprint density at radius 3 is 2.76 bits per heavy atom. The number of carbonyl (C=O) groups is 1. The van der Waals surface area contributed by atoms with Crippen molar-refractivity contribution < 1.29 is 14.3 Å². The summed E-state index contributed by atoms with van der Waals surface area (Å²) in [6, 6.07) is 12.7. The molecule has 0 aliphatic rings. The van der Waals surface area contributed by atoms with Gasteiger partial charge in [0, 0.05) is 4.47 Å². The second kappa shape index (κ2) is 7.48. The lowest BCUT2D eigenvalue weighted by Crippen LogP contribution is -2.07. The molecule has 0 saturated carbocycles. The molecule has 5 heteroatoms. The summed E-state index contributed by atoms with van der Waals surface area (Å²) in [6.45, 7) is 2.15. The van der Waals surface area contributed by atoms with E-state index in [9.17, 15) is 4.79 Å². The summed E-state index contributed by atoms with van der Waals surface area (Å²) >= 11 is 9.52. The molecule has 2 aromatic rings. The van der Waals surface area contributed by atoms with Gasteiger partial charge in [-0.1, -0.05) is 39.7 Å². The van der Waals surface area contributed by atoms with Gasteiger partial charge in [0.25, 0.3) is 0 Å². The van der Waals surface area contributed by atoms with Crippen LogP contribution in [-0.4, -0.2) is 12.6 Å². The number of hydrogen-bond acceptors (Lipinski definition) is 3. The lowest BCUT2D eigenvalue weighted by atomic mass is 10.1. The molecule has 0 aliphatic heterocycles. The van der Waals surface area contributed by atoms with Crippen LogP contribution in [0.15, 0.2) is 46.9 Å². The molecule has 110 valence electrons. The summed E-state index contributed by atoms with van der Waals surface area (Å²) in [4.78, 5) is 11.5. The highest BCUT2D eigenvalue weighted by atomic mass is 79.9. The highest BCUT2D eigenvalue weighted by molar-refractivity contribution is 9.10. The van der Waals surface area contributed by atoms with E-state index in [0.717, 1.165) is 10.0 Å². The van der Waals surface area contributed by atoms with Crippen molar-refractivity contribution in [3.63, 3.8) is 0 Å². The summed E-state index contributed by atoms with van der Waals surface area (Å²) in [7, 11) is 0. The number of esters is 1. The molecule has 0 radical (unpaired) electrons. The minimum Gasteiger partial charge on any atom is -0.466 e. The Kier molecular flexibility index (Phi) is 5.65. The summed E-state index contributed by atoms with van der Waals surface area (Å²) < 4.78 is 11.6. The Bertz CT molecular complexity index is 643. The summed E-state index contributed by atoms with van der Waals surface area (Å²) in [5, 5.41) is 0.489. The normalized spacial score (nSPS) is 10.2. The maximum Gasteiger partial charge on any atom is 0.310 e. The van der Waals surface area contributed by atoms with Gasteiger partial charge in [0.2, 0.25) is 0 Å². The molecule has 0 atom stereocenters.